The van der Waals surface area contributed by atoms with Gasteiger partial charge in [0.15, 0.2) is 0 Å². The summed E-state index contributed by atoms with van der Waals surface area (Å²) in [5.74, 6) is 2.03. The van der Waals surface area contributed by atoms with Crippen LogP contribution in [0, 0.1) is 12.8 Å². The Labute approximate surface area is 102 Å². The SMILES string of the molecule is Cc1ccc(-c2cn3c(n2)CC[C@@H](C)C3)cc1. The van der Waals surface area contributed by atoms with Crippen LogP contribution in [0.5, 0.6) is 0 Å². The first-order valence-electron chi connectivity index (χ1n) is 6.35. The van der Waals surface area contributed by atoms with E-state index >= 15 is 0 Å². The molecule has 0 aliphatic carbocycles. The Morgan fingerprint density at radius 1 is 1.24 bits per heavy atom. The topological polar surface area (TPSA) is 17.8 Å². The molecule has 2 nitrogen and oxygen atoms in total. The van der Waals surface area contributed by atoms with Crippen molar-refractivity contribution in [2.24, 2.45) is 5.92 Å². The van der Waals surface area contributed by atoms with Gasteiger partial charge in [-0.1, -0.05) is 36.8 Å². The van der Waals surface area contributed by atoms with Crippen LogP contribution in [0.25, 0.3) is 11.3 Å². The Morgan fingerprint density at radius 2 is 2.00 bits per heavy atom. The van der Waals surface area contributed by atoms with E-state index in [-0.39, 0.29) is 0 Å². The Kier molecular flexibility index (Phi) is 2.50. The smallest absolute Gasteiger partial charge is 0.109 e. The van der Waals surface area contributed by atoms with Crippen molar-refractivity contribution in [3.63, 3.8) is 0 Å². The molecule has 0 spiro atoms. The number of benzene rings is 1. The zero-order valence-electron chi connectivity index (χ0n) is 10.5. The first kappa shape index (κ1) is 10.6. The normalized spacial score (nSPS) is 19.1. The summed E-state index contributed by atoms with van der Waals surface area (Å²) < 4.78 is 2.32. The van der Waals surface area contributed by atoms with E-state index in [9.17, 15) is 0 Å². The van der Waals surface area contributed by atoms with Gasteiger partial charge in [-0.2, -0.15) is 0 Å². The molecule has 1 atom stereocenters. The first-order chi connectivity index (χ1) is 8.22. The lowest BCUT2D eigenvalue weighted by molar-refractivity contribution is 0.394. The van der Waals surface area contributed by atoms with E-state index in [1.54, 1.807) is 0 Å². The molecule has 1 aliphatic heterocycles. The van der Waals surface area contributed by atoms with Crippen molar-refractivity contribution in [1.29, 1.82) is 0 Å². The van der Waals surface area contributed by atoms with Crippen molar-refractivity contribution in [2.45, 2.75) is 33.2 Å². The molecule has 88 valence electrons. The summed E-state index contributed by atoms with van der Waals surface area (Å²) in [5.41, 5.74) is 3.64. The molecule has 2 heteroatoms. The summed E-state index contributed by atoms with van der Waals surface area (Å²) >= 11 is 0. The fourth-order valence-electron chi connectivity index (χ4n) is 2.48. The molecule has 2 aromatic rings. The molecule has 1 aliphatic rings. The first-order valence-corrected chi connectivity index (χ1v) is 6.35. The molecule has 0 amide bonds. The van der Waals surface area contributed by atoms with E-state index in [4.69, 9.17) is 4.98 Å². The summed E-state index contributed by atoms with van der Waals surface area (Å²) in [6.45, 7) is 5.55. The van der Waals surface area contributed by atoms with Crippen molar-refractivity contribution in [1.82, 2.24) is 9.55 Å². The standard InChI is InChI=1S/C15H18N2/c1-11-3-6-13(7-4-11)14-10-17-9-12(2)5-8-15(17)16-14/h3-4,6-7,10,12H,5,8-9H2,1-2H3/t12-/m1/s1. The average molecular weight is 226 g/mol. The monoisotopic (exact) mass is 226 g/mol. The average Bonchev–Trinajstić information content (AvgIpc) is 2.72. The number of aromatic nitrogens is 2. The van der Waals surface area contributed by atoms with Crippen LogP contribution in [0.15, 0.2) is 30.5 Å². The lowest BCUT2D eigenvalue weighted by Gasteiger charge is -2.19. The van der Waals surface area contributed by atoms with Crippen molar-refractivity contribution in [3.05, 3.63) is 41.9 Å². The zero-order chi connectivity index (χ0) is 11.8. The second kappa shape index (κ2) is 4.02. The van der Waals surface area contributed by atoms with Crippen LogP contribution in [-0.2, 0) is 13.0 Å². The molecule has 0 radical (unpaired) electrons. The van der Waals surface area contributed by atoms with E-state index < -0.39 is 0 Å². The van der Waals surface area contributed by atoms with Crippen LogP contribution in [-0.4, -0.2) is 9.55 Å². The molecule has 17 heavy (non-hydrogen) atoms. The Balaban J connectivity index is 1.97. The number of fused-ring (bicyclic) bond motifs is 1. The minimum absolute atomic E-state index is 0.780. The van der Waals surface area contributed by atoms with E-state index in [1.165, 1.54) is 23.4 Å². The van der Waals surface area contributed by atoms with Crippen LogP contribution < -0.4 is 0 Å². The van der Waals surface area contributed by atoms with Gasteiger partial charge in [0, 0.05) is 24.7 Å². The molecule has 0 N–H and O–H groups in total. The molecular formula is C15H18N2. The Hall–Kier alpha value is -1.57. The number of imidazole rings is 1. The van der Waals surface area contributed by atoms with Gasteiger partial charge in [-0.3, -0.25) is 0 Å². The molecule has 1 aromatic heterocycles. The zero-order valence-corrected chi connectivity index (χ0v) is 10.5. The van der Waals surface area contributed by atoms with Crippen LogP contribution in [0.2, 0.25) is 0 Å². The summed E-state index contributed by atoms with van der Waals surface area (Å²) in [5, 5.41) is 0. The minimum Gasteiger partial charge on any atom is -0.334 e. The molecule has 0 saturated heterocycles. The highest BCUT2D eigenvalue weighted by Crippen LogP contribution is 2.24. The molecule has 0 unspecified atom stereocenters. The number of hydrogen-bond acceptors (Lipinski definition) is 1. The van der Waals surface area contributed by atoms with Crippen molar-refractivity contribution in [3.8, 4) is 11.3 Å². The second-order valence-corrected chi connectivity index (χ2v) is 5.20. The fourth-order valence-corrected chi connectivity index (χ4v) is 2.48. The van der Waals surface area contributed by atoms with Gasteiger partial charge in [0.25, 0.3) is 0 Å². The highest BCUT2D eigenvalue weighted by atomic mass is 15.1. The predicted molar refractivity (Wildman–Crippen MR) is 69.9 cm³/mol. The number of hydrogen-bond donors (Lipinski definition) is 0. The third kappa shape index (κ3) is 1.99. The number of rotatable bonds is 1. The fraction of sp³-hybridized carbons (Fsp3) is 0.400. The summed E-state index contributed by atoms with van der Waals surface area (Å²) in [7, 11) is 0. The Morgan fingerprint density at radius 3 is 2.76 bits per heavy atom. The molecule has 0 saturated carbocycles. The molecule has 0 fully saturated rings. The van der Waals surface area contributed by atoms with Crippen molar-refractivity contribution >= 4 is 0 Å². The largest absolute Gasteiger partial charge is 0.334 e. The Bertz CT molecular complexity index is 522. The molecule has 3 rings (SSSR count). The van der Waals surface area contributed by atoms with Gasteiger partial charge in [0.1, 0.15) is 5.82 Å². The molecule has 1 aromatic carbocycles. The maximum Gasteiger partial charge on any atom is 0.109 e. The van der Waals surface area contributed by atoms with Crippen molar-refractivity contribution < 1.29 is 0 Å². The molecular weight excluding hydrogens is 208 g/mol. The van der Waals surface area contributed by atoms with Gasteiger partial charge in [-0.05, 0) is 19.3 Å². The second-order valence-electron chi connectivity index (χ2n) is 5.20. The quantitative estimate of drug-likeness (QED) is 0.728. The van der Waals surface area contributed by atoms with E-state index in [1.807, 2.05) is 0 Å². The van der Waals surface area contributed by atoms with E-state index in [2.05, 4.69) is 48.9 Å². The number of aryl methyl sites for hydroxylation is 2. The summed E-state index contributed by atoms with van der Waals surface area (Å²) in [4.78, 5) is 4.75. The van der Waals surface area contributed by atoms with Crippen molar-refractivity contribution in [2.75, 3.05) is 0 Å². The number of nitrogens with zero attached hydrogens (tertiary/aromatic N) is 2. The molecule has 2 heterocycles. The third-order valence-corrected chi connectivity index (χ3v) is 3.58. The van der Waals surface area contributed by atoms with E-state index in [0.717, 1.165) is 24.6 Å². The maximum atomic E-state index is 4.75. The van der Waals surface area contributed by atoms with E-state index in [0.29, 0.717) is 0 Å². The third-order valence-electron chi connectivity index (χ3n) is 3.58. The van der Waals surface area contributed by atoms with Gasteiger partial charge in [-0.15, -0.1) is 0 Å². The lowest BCUT2D eigenvalue weighted by Crippen LogP contribution is -2.17. The minimum atomic E-state index is 0.780. The lowest BCUT2D eigenvalue weighted by atomic mass is 10.0. The van der Waals surface area contributed by atoms with Crippen LogP contribution in [0.3, 0.4) is 0 Å². The van der Waals surface area contributed by atoms with Crippen LogP contribution in [0.1, 0.15) is 24.7 Å². The predicted octanol–water partition coefficient (Wildman–Crippen LogP) is 3.44. The molecule has 0 bridgehead atoms. The van der Waals surface area contributed by atoms with Gasteiger partial charge in [0.05, 0.1) is 5.69 Å². The summed E-state index contributed by atoms with van der Waals surface area (Å²) in [6, 6.07) is 8.62. The van der Waals surface area contributed by atoms with Gasteiger partial charge in [-0.25, -0.2) is 4.98 Å². The van der Waals surface area contributed by atoms with Gasteiger partial charge >= 0.3 is 0 Å². The highest BCUT2D eigenvalue weighted by Gasteiger charge is 2.17. The van der Waals surface area contributed by atoms with Crippen LogP contribution >= 0.6 is 0 Å². The summed E-state index contributed by atoms with van der Waals surface area (Å²) in [6.07, 6.45) is 4.59. The van der Waals surface area contributed by atoms with Crippen LogP contribution in [0.4, 0.5) is 0 Å². The highest BCUT2D eigenvalue weighted by molar-refractivity contribution is 5.59. The van der Waals surface area contributed by atoms with Gasteiger partial charge < -0.3 is 4.57 Å². The van der Waals surface area contributed by atoms with Gasteiger partial charge in [0.2, 0.25) is 0 Å². The maximum absolute atomic E-state index is 4.75.